The van der Waals surface area contributed by atoms with Crippen molar-refractivity contribution in [2.45, 2.75) is 16.7 Å². The van der Waals surface area contributed by atoms with Gasteiger partial charge in [-0.25, -0.2) is 0 Å². The number of halogens is 2. The minimum atomic E-state index is 0.603. The first-order valence-electron chi connectivity index (χ1n) is 5.74. The van der Waals surface area contributed by atoms with Crippen LogP contribution in [-0.2, 0) is 0 Å². The molecule has 5 heteroatoms. The summed E-state index contributed by atoms with van der Waals surface area (Å²) in [7, 11) is 0. The molecule has 0 radical (unpaired) electrons. The van der Waals surface area contributed by atoms with Gasteiger partial charge in [-0.15, -0.1) is 0 Å². The summed E-state index contributed by atoms with van der Waals surface area (Å²) in [5.41, 5.74) is 6.52. The molecule has 0 spiro atoms. The van der Waals surface area contributed by atoms with Crippen LogP contribution in [0.5, 0.6) is 5.75 Å². The van der Waals surface area contributed by atoms with E-state index in [2.05, 4.69) is 0 Å². The molecule has 19 heavy (non-hydrogen) atoms. The van der Waals surface area contributed by atoms with Gasteiger partial charge < -0.3 is 10.5 Å². The fraction of sp³-hybridized carbons (Fsp3) is 0.143. The zero-order valence-corrected chi connectivity index (χ0v) is 12.6. The standard InChI is InChI=1S/C14H13Cl2NOS/c1-2-18-11-6-10(17)7-12(8-11)19-14-5-9(15)3-4-13(14)16/h3-8H,2,17H2,1H3. The number of nitrogens with two attached hydrogens (primary N) is 1. The first-order chi connectivity index (χ1) is 9.08. The lowest BCUT2D eigenvalue weighted by Gasteiger charge is -2.09. The lowest BCUT2D eigenvalue weighted by molar-refractivity contribution is 0.339. The molecule has 0 aromatic heterocycles. The van der Waals surface area contributed by atoms with E-state index in [1.165, 1.54) is 11.8 Å². The van der Waals surface area contributed by atoms with Gasteiger partial charge in [0.05, 0.1) is 11.6 Å². The molecule has 0 aliphatic heterocycles. The minimum absolute atomic E-state index is 0.603. The van der Waals surface area contributed by atoms with Gasteiger partial charge in [-0.2, -0.15) is 0 Å². The van der Waals surface area contributed by atoms with Crippen molar-refractivity contribution in [1.29, 1.82) is 0 Å². The quantitative estimate of drug-likeness (QED) is 0.795. The van der Waals surface area contributed by atoms with Crippen molar-refractivity contribution in [2.24, 2.45) is 0 Å². The van der Waals surface area contributed by atoms with E-state index in [-0.39, 0.29) is 0 Å². The Morgan fingerprint density at radius 3 is 2.68 bits per heavy atom. The highest BCUT2D eigenvalue weighted by atomic mass is 35.5. The zero-order valence-electron chi connectivity index (χ0n) is 10.3. The van der Waals surface area contributed by atoms with Crippen molar-refractivity contribution in [3.63, 3.8) is 0 Å². The molecule has 2 aromatic carbocycles. The Morgan fingerprint density at radius 2 is 1.95 bits per heavy atom. The second kappa shape index (κ2) is 6.42. The fourth-order valence-corrected chi connectivity index (χ4v) is 3.03. The molecule has 0 atom stereocenters. The third-order valence-corrected chi connectivity index (χ3v) is 4.04. The van der Waals surface area contributed by atoms with Gasteiger partial charge in [0, 0.05) is 26.6 Å². The molecule has 2 nitrogen and oxygen atoms in total. The summed E-state index contributed by atoms with van der Waals surface area (Å²) in [5, 5.41) is 1.32. The average Bonchev–Trinajstić information content (AvgIpc) is 2.33. The highest BCUT2D eigenvalue weighted by Gasteiger charge is 2.06. The van der Waals surface area contributed by atoms with Gasteiger partial charge in [-0.3, -0.25) is 0 Å². The van der Waals surface area contributed by atoms with Gasteiger partial charge in [0.25, 0.3) is 0 Å². The smallest absolute Gasteiger partial charge is 0.122 e. The molecule has 100 valence electrons. The molecule has 0 amide bonds. The monoisotopic (exact) mass is 313 g/mol. The van der Waals surface area contributed by atoms with Crippen LogP contribution in [0.1, 0.15) is 6.92 Å². The number of hydrogen-bond donors (Lipinski definition) is 1. The molecular formula is C14H13Cl2NOS. The Hall–Kier alpha value is -1.03. The van der Waals surface area contributed by atoms with Crippen molar-refractivity contribution >= 4 is 40.7 Å². The predicted octanol–water partition coefficient (Wildman–Crippen LogP) is 5.13. The molecular weight excluding hydrogens is 301 g/mol. The normalized spacial score (nSPS) is 10.5. The molecule has 0 aliphatic rings. The molecule has 0 heterocycles. The van der Waals surface area contributed by atoms with E-state index < -0.39 is 0 Å². The maximum atomic E-state index is 6.14. The molecule has 2 N–H and O–H groups in total. The van der Waals surface area contributed by atoms with E-state index in [9.17, 15) is 0 Å². The van der Waals surface area contributed by atoms with E-state index in [4.69, 9.17) is 33.7 Å². The second-order valence-electron chi connectivity index (χ2n) is 3.85. The second-order valence-corrected chi connectivity index (χ2v) is 5.81. The van der Waals surface area contributed by atoms with Gasteiger partial charge in [0.2, 0.25) is 0 Å². The van der Waals surface area contributed by atoms with E-state index in [0.29, 0.717) is 22.3 Å². The van der Waals surface area contributed by atoms with Gasteiger partial charge in [-0.05, 0) is 37.3 Å². The summed E-state index contributed by atoms with van der Waals surface area (Å²) in [6, 6.07) is 11.0. The van der Waals surface area contributed by atoms with Crippen LogP contribution < -0.4 is 10.5 Å². The maximum absolute atomic E-state index is 6.14. The number of ether oxygens (including phenoxy) is 1. The fourth-order valence-electron chi connectivity index (χ4n) is 1.59. The van der Waals surface area contributed by atoms with Crippen LogP contribution in [-0.4, -0.2) is 6.61 Å². The molecule has 0 aliphatic carbocycles. The van der Waals surface area contributed by atoms with Crippen LogP contribution >= 0.6 is 35.0 Å². The molecule has 0 unspecified atom stereocenters. The summed E-state index contributed by atoms with van der Waals surface area (Å²) in [5.74, 6) is 0.753. The Balaban J connectivity index is 2.29. The van der Waals surface area contributed by atoms with Crippen LogP contribution in [0.2, 0.25) is 10.0 Å². The summed E-state index contributed by atoms with van der Waals surface area (Å²) in [6.45, 7) is 2.54. The van der Waals surface area contributed by atoms with Crippen LogP contribution in [0.25, 0.3) is 0 Å². The van der Waals surface area contributed by atoms with Crippen LogP contribution in [0.3, 0.4) is 0 Å². The van der Waals surface area contributed by atoms with Crippen molar-refractivity contribution in [2.75, 3.05) is 12.3 Å². The van der Waals surface area contributed by atoms with Crippen LogP contribution in [0.4, 0.5) is 5.69 Å². The van der Waals surface area contributed by atoms with Crippen molar-refractivity contribution < 1.29 is 4.74 Å². The molecule has 0 saturated heterocycles. The number of rotatable bonds is 4. The van der Waals surface area contributed by atoms with E-state index in [0.717, 1.165) is 15.5 Å². The summed E-state index contributed by atoms with van der Waals surface area (Å²) in [6.07, 6.45) is 0. The molecule has 0 fully saturated rings. The van der Waals surface area contributed by atoms with E-state index in [1.807, 2.05) is 25.1 Å². The number of benzene rings is 2. The first-order valence-corrected chi connectivity index (χ1v) is 7.32. The predicted molar refractivity (Wildman–Crippen MR) is 82.6 cm³/mol. The van der Waals surface area contributed by atoms with Gasteiger partial charge in [0.15, 0.2) is 0 Å². The highest BCUT2D eigenvalue weighted by Crippen LogP contribution is 2.37. The summed E-state index contributed by atoms with van der Waals surface area (Å²) < 4.78 is 5.47. The SMILES string of the molecule is CCOc1cc(N)cc(Sc2cc(Cl)ccc2Cl)c1. The maximum Gasteiger partial charge on any atom is 0.122 e. The molecule has 2 rings (SSSR count). The van der Waals surface area contributed by atoms with Gasteiger partial charge in [0.1, 0.15) is 5.75 Å². The Kier molecular flexibility index (Phi) is 4.86. The average molecular weight is 314 g/mol. The van der Waals surface area contributed by atoms with Crippen molar-refractivity contribution in [3.8, 4) is 5.75 Å². The van der Waals surface area contributed by atoms with Gasteiger partial charge >= 0.3 is 0 Å². The third-order valence-electron chi connectivity index (χ3n) is 2.33. The number of nitrogen functional groups attached to an aromatic ring is 1. The number of anilines is 1. The van der Waals surface area contributed by atoms with Crippen LogP contribution in [0.15, 0.2) is 46.2 Å². The minimum Gasteiger partial charge on any atom is -0.494 e. The molecule has 0 bridgehead atoms. The van der Waals surface area contributed by atoms with E-state index >= 15 is 0 Å². The lowest BCUT2D eigenvalue weighted by atomic mass is 10.3. The number of hydrogen-bond acceptors (Lipinski definition) is 3. The van der Waals surface area contributed by atoms with Crippen molar-refractivity contribution in [1.82, 2.24) is 0 Å². The zero-order chi connectivity index (χ0) is 13.8. The summed E-state index contributed by atoms with van der Waals surface area (Å²) in [4.78, 5) is 1.86. The first kappa shape index (κ1) is 14.4. The molecule has 0 saturated carbocycles. The van der Waals surface area contributed by atoms with E-state index in [1.54, 1.807) is 18.2 Å². The Bertz CT molecular complexity index is 590. The third kappa shape index (κ3) is 3.96. The Morgan fingerprint density at radius 1 is 1.16 bits per heavy atom. The van der Waals surface area contributed by atoms with Crippen molar-refractivity contribution in [3.05, 3.63) is 46.4 Å². The summed E-state index contributed by atoms with van der Waals surface area (Å²) >= 11 is 13.6. The van der Waals surface area contributed by atoms with Crippen LogP contribution in [0, 0.1) is 0 Å². The topological polar surface area (TPSA) is 35.2 Å². The molecule has 2 aromatic rings. The largest absolute Gasteiger partial charge is 0.494 e. The lowest BCUT2D eigenvalue weighted by Crippen LogP contribution is -1.93. The Labute approximate surface area is 126 Å². The van der Waals surface area contributed by atoms with Gasteiger partial charge in [-0.1, -0.05) is 35.0 Å². The highest BCUT2D eigenvalue weighted by molar-refractivity contribution is 7.99.